The van der Waals surface area contributed by atoms with Crippen LogP contribution in [0.4, 0.5) is 0 Å². The lowest BCUT2D eigenvalue weighted by Crippen LogP contribution is -2.23. The van der Waals surface area contributed by atoms with Crippen LogP contribution in [0.25, 0.3) is 0 Å². The van der Waals surface area contributed by atoms with E-state index in [1.54, 1.807) is 12.1 Å². The van der Waals surface area contributed by atoms with Crippen LogP contribution in [0.15, 0.2) is 64.6 Å². The van der Waals surface area contributed by atoms with Gasteiger partial charge < -0.3 is 4.84 Å². The van der Waals surface area contributed by atoms with Gasteiger partial charge in [-0.15, -0.1) is 11.6 Å². The standard InChI is InChI=1S/C16H15ClN2O3S/c17-10-14-15(11-6-8-13(9-7-11)23(18,20)21)16(19-22-14)12-4-2-1-3-5-12/h1-9,14-15H,10H2,(H2,18,20,21). The maximum Gasteiger partial charge on any atom is 0.238 e. The van der Waals surface area contributed by atoms with E-state index in [-0.39, 0.29) is 22.8 Å². The quantitative estimate of drug-likeness (QED) is 0.860. The van der Waals surface area contributed by atoms with Crippen molar-refractivity contribution in [3.8, 4) is 0 Å². The van der Waals surface area contributed by atoms with Gasteiger partial charge in [-0.25, -0.2) is 13.6 Å². The van der Waals surface area contributed by atoms with E-state index in [9.17, 15) is 8.42 Å². The van der Waals surface area contributed by atoms with Gasteiger partial charge in [0.1, 0.15) is 0 Å². The van der Waals surface area contributed by atoms with Crippen LogP contribution in [0, 0.1) is 0 Å². The zero-order valence-corrected chi connectivity index (χ0v) is 13.7. The van der Waals surface area contributed by atoms with Crippen molar-refractivity contribution in [2.24, 2.45) is 10.3 Å². The molecule has 2 N–H and O–H groups in total. The van der Waals surface area contributed by atoms with Crippen LogP contribution in [0.1, 0.15) is 17.0 Å². The number of rotatable bonds is 4. The minimum absolute atomic E-state index is 0.0702. The van der Waals surface area contributed by atoms with E-state index in [0.717, 1.165) is 16.8 Å². The van der Waals surface area contributed by atoms with E-state index in [1.165, 1.54) is 12.1 Å². The molecule has 1 heterocycles. The van der Waals surface area contributed by atoms with Crippen LogP contribution in [0.5, 0.6) is 0 Å². The molecule has 120 valence electrons. The van der Waals surface area contributed by atoms with Gasteiger partial charge in [-0.2, -0.15) is 0 Å². The molecule has 3 rings (SSSR count). The molecule has 5 nitrogen and oxygen atoms in total. The van der Waals surface area contributed by atoms with Crippen molar-refractivity contribution >= 4 is 27.3 Å². The number of benzene rings is 2. The van der Waals surface area contributed by atoms with E-state index in [1.807, 2.05) is 30.3 Å². The highest BCUT2D eigenvalue weighted by molar-refractivity contribution is 7.89. The Morgan fingerprint density at radius 2 is 1.74 bits per heavy atom. The van der Waals surface area contributed by atoms with Gasteiger partial charge in [0.05, 0.1) is 22.4 Å². The molecule has 0 saturated heterocycles. The molecule has 2 atom stereocenters. The SMILES string of the molecule is NS(=O)(=O)c1ccc(C2C(c3ccccc3)=NOC2CCl)cc1. The lowest BCUT2D eigenvalue weighted by Gasteiger charge is -2.17. The van der Waals surface area contributed by atoms with Crippen LogP contribution in [0.3, 0.4) is 0 Å². The molecule has 0 amide bonds. The monoisotopic (exact) mass is 350 g/mol. The number of alkyl halides is 1. The van der Waals surface area contributed by atoms with Crippen molar-refractivity contribution in [1.29, 1.82) is 0 Å². The molecule has 7 heteroatoms. The Kier molecular flexibility index (Phi) is 4.39. The predicted molar refractivity (Wildman–Crippen MR) is 89.1 cm³/mol. The average Bonchev–Trinajstić information content (AvgIpc) is 2.99. The molecule has 0 spiro atoms. The molecule has 0 bridgehead atoms. The predicted octanol–water partition coefficient (Wildman–Crippen LogP) is 2.46. The van der Waals surface area contributed by atoms with Gasteiger partial charge in [0.2, 0.25) is 10.0 Å². The number of hydrogen-bond acceptors (Lipinski definition) is 4. The van der Waals surface area contributed by atoms with Crippen molar-refractivity contribution in [3.05, 3.63) is 65.7 Å². The maximum atomic E-state index is 11.4. The molecular weight excluding hydrogens is 336 g/mol. The Balaban J connectivity index is 1.99. The van der Waals surface area contributed by atoms with Crippen molar-refractivity contribution in [2.75, 3.05) is 5.88 Å². The summed E-state index contributed by atoms with van der Waals surface area (Å²) in [5.74, 6) is 0.117. The number of oxime groups is 1. The first kappa shape index (κ1) is 16.0. The van der Waals surface area contributed by atoms with Crippen LogP contribution < -0.4 is 5.14 Å². The zero-order chi connectivity index (χ0) is 16.4. The molecule has 0 aromatic heterocycles. The maximum absolute atomic E-state index is 11.4. The van der Waals surface area contributed by atoms with Gasteiger partial charge in [-0.3, -0.25) is 0 Å². The molecule has 2 unspecified atom stereocenters. The fraction of sp³-hybridized carbons (Fsp3) is 0.188. The van der Waals surface area contributed by atoms with Crippen LogP contribution in [-0.4, -0.2) is 26.1 Å². The highest BCUT2D eigenvalue weighted by atomic mass is 35.5. The molecule has 2 aromatic carbocycles. The molecule has 1 aliphatic rings. The Labute approximate surface area is 139 Å². The first-order valence-electron chi connectivity index (χ1n) is 6.98. The van der Waals surface area contributed by atoms with Crippen molar-refractivity contribution < 1.29 is 13.3 Å². The molecule has 23 heavy (non-hydrogen) atoms. The summed E-state index contributed by atoms with van der Waals surface area (Å²) >= 11 is 5.99. The lowest BCUT2D eigenvalue weighted by atomic mass is 9.87. The fourth-order valence-electron chi connectivity index (χ4n) is 2.61. The minimum Gasteiger partial charge on any atom is -0.390 e. The summed E-state index contributed by atoms with van der Waals surface area (Å²) in [4.78, 5) is 5.52. The normalized spacial score (nSPS) is 20.9. The van der Waals surface area contributed by atoms with Gasteiger partial charge in [0, 0.05) is 5.56 Å². The summed E-state index contributed by atoms with van der Waals surface area (Å²) in [5.41, 5.74) is 2.60. The number of hydrogen-bond donors (Lipinski definition) is 1. The molecule has 2 aromatic rings. The number of primary sulfonamides is 1. The molecule has 0 saturated carbocycles. The van der Waals surface area contributed by atoms with Crippen LogP contribution in [0.2, 0.25) is 0 Å². The summed E-state index contributed by atoms with van der Waals surface area (Å²) in [6.45, 7) is 0. The van der Waals surface area contributed by atoms with E-state index in [4.69, 9.17) is 21.6 Å². The fourth-order valence-corrected chi connectivity index (χ4v) is 3.36. The Morgan fingerprint density at radius 1 is 1.09 bits per heavy atom. The highest BCUT2D eigenvalue weighted by Crippen LogP contribution is 2.33. The summed E-state index contributed by atoms with van der Waals surface area (Å²) in [6, 6.07) is 16.1. The van der Waals surface area contributed by atoms with E-state index < -0.39 is 10.0 Å². The van der Waals surface area contributed by atoms with E-state index in [0.29, 0.717) is 0 Å². The molecule has 0 radical (unpaired) electrons. The highest BCUT2D eigenvalue weighted by Gasteiger charge is 2.35. The van der Waals surface area contributed by atoms with E-state index >= 15 is 0 Å². The Hall–Kier alpha value is -1.89. The third-order valence-electron chi connectivity index (χ3n) is 3.74. The number of nitrogens with zero attached hydrogens (tertiary/aromatic N) is 1. The minimum atomic E-state index is -3.72. The molecule has 0 aliphatic carbocycles. The zero-order valence-electron chi connectivity index (χ0n) is 12.1. The van der Waals surface area contributed by atoms with Crippen molar-refractivity contribution in [3.63, 3.8) is 0 Å². The molecular formula is C16H15ClN2O3S. The largest absolute Gasteiger partial charge is 0.390 e. The van der Waals surface area contributed by atoms with Gasteiger partial charge in [0.15, 0.2) is 6.10 Å². The lowest BCUT2D eigenvalue weighted by molar-refractivity contribution is 0.0929. The number of sulfonamides is 1. The van der Waals surface area contributed by atoms with Crippen LogP contribution >= 0.6 is 11.6 Å². The number of halogens is 1. The second kappa shape index (κ2) is 6.31. The number of nitrogens with two attached hydrogens (primary N) is 1. The summed E-state index contributed by atoms with van der Waals surface area (Å²) < 4.78 is 22.8. The topological polar surface area (TPSA) is 81.8 Å². The van der Waals surface area contributed by atoms with Crippen molar-refractivity contribution in [1.82, 2.24) is 0 Å². The molecule has 0 fully saturated rings. The third kappa shape index (κ3) is 3.24. The Bertz CT molecular complexity index is 820. The second-order valence-electron chi connectivity index (χ2n) is 5.23. The van der Waals surface area contributed by atoms with Crippen LogP contribution in [-0.2, 0) is 14.9 Å². The summed E-state index contributed by atoms with van der Waals surface area (Å²) in [5, 5.41) is 9.31. The first-order valence-corrected chi connectivity index (χ1v) is 9.06. The smallest absolute Gasteiger partial charge is 0.238 e. The van der Waals surface area contributed by atoms with E-state index in [2.05, 4.69) is 5.16 Å². The van der Waals surface area contributed by atoms with Gasteiger partial charge in [0.25, 0.3) is 0 Å². The Morgan fingerprint density at radius 3 is 2.30 bits per heavy atom. The van der Waals surface area contributed by atoms with Gasteiger partial charge >= 0.3 is 0 Å². The first-order chi connectivity index (χ1) is 11.0. The average molecular weight is 351 g/mol. The summed E-state index contributed by atoms with van der Waals surface area (Å²) in [6.07, 6.45) is -0.299. The van der Waals surface area contributed by atoms with Crippen molar-refractivity contribution in [2.45, 2.75) is 16.9 Å². The van der Waals surface area contributed by atoms with Gasteiger partial charge in [-0.1, -0.05) is 47.6 Å². The third-order valence-corrected chi connectivity index (χ3v) is 4.98. The molecule has 1 aliphatic heterocycles. The second-order valence-corrected chi connectivity index (χ2v) is 7.10. The van der Waals surface area contributed by atoms with Gasteiger partial charge in [-0.05, 0) is 17.7 Å². The summed E-state index contributed by atoms with van der Waals surface area (Å²) in [7, 11) is -3.72.